The van der Waals surface area contributed by atoms with Crippen molar-refractivity contribution in [2.24, 2.45) is 0 Å². The topological polar surface area (TPSA) is 41.4 Å². The third-order valence-corrected chi connectivity index (χ3v) is 6.76. The minimum Gasteiger partial charge on any atom is -0.369 e. The van der Waals surface area contributed by atoms with Gasteiger partial charge < -0.3 is 4.90 Å². The predicted molar refractivity (Wildman–Crippen MR) is 136 cm³/mol. The van der Waals surface area contributed by atoms with Gasteiger partial charge in [0.15, 0.2) is 0 Å². The SMILES string of the molecule is Cc1ccc(C)c(-c2nn(CN3CCN(c4cccc(C(F)(F)F)c4)CC3)c(=O)c3ccccc23)c1. The highest BCUT2D eigenvalue weighted by Gasteiger charge is 2.31. The molecule has 5 rings (SSSR count). The lowest BCUT2D eigenvalue weighted by Crippen LogP contribution is -2.48. The first kappa shape index (κ1) is 24.1. The molecule has 0 unspecified atom stereocenters. The Morgan fingerprint density at radius 2 is 1.58 bits per heavy atom. The van der Waals surface area contributed by atoms with Crippen LogP contribution in [0.5, 0.6) is 0 Å². The highest BCUT2D eigenvalue weighted by atomic mass is 19.4. The van der Waals surface area contributed by atoms with Crippen molar-refractivity contribution in [3.63, 3.8) is 0 Å². The normalized spacial score (nSPS) is 15.0. The lowest BCUT2D eigenvalue weighted by atomic mass is 9.99. The molecular weight excluding hydrogens is 465 g/mol. The fourth-order valence-corrected chi connectivity index (χ4v) is 4.74. The largest absolute Gasteiger partial charge is 0.416 e. The molecule has 0 amide bonds. The van der Waals surface area contributed by atoms with Gasteiger partial charge in [-0.05, 0) is 49.7 Å². The minimum absolute atomic E-state index is 0.153. The van der Waals surface area contributed by atoms with Crippen LogP contribution >= 0.6 is 0 Å². The Morgan fingerprint density at radius 3 is 2.31 bits per heavy atom. The summed E-state index contributed by atoms with van der Waals surface area (Å²) in [6, 6.07) is 19.2. The molecular formula is C28H27F3N4O. The number of nitrogens with zero attached hydrogens (tertiary/aromatic N) is 4. The zero-order chi connectivity index (χ0) is 25.4. The Bertz CT molecular complexity index is 1470. The standard InChI is InChI=1S/C28H27F3N4O/c1-19-10-11-20(2)25(16-19)26-23-8-3-4-9-24(23)27(36)35(32-26)18-33-12-14-34(15-13-33)22-7-5-6-21(17-22)28(29,30)31/h3-11,16-17H,12-15,18H2,1-2H3. The van der Waals surface area contributed by atoms with Crippen LogP contribution in [0.25, 0.3) is 22.0 Å². The van der Waals surface area contributed by atoms with Crippen molar-refractivity contribution in [3.05, 3.63) is 93.8 Å². The van der Waals surface area contributed by atoms with E-state index in [-0.39, 0.29) is 5.56 Å². The Balaban J connectivity index is 1.41. The van der Waals surface area contributed by atoms with Gasteiger partial charge in [0, 0.05) is 42.8 Å². The van der Waals surface area contributed by atoms with Crippen LogP contribution in [0.15, 0.2) is 71.5 Å². The number of rotatable bonds is 4. The van der Waals surface area contributed by atoms with Crippen molar-refractivity contribution in [2.75, 3.05) is 31.1 Å². The minimum atomic E-state index is -4.37. The van der Waals surface area contributed by atoms with Gasteiger partial charge in [0.25, 0.3) is 5.56 Å². The number of hydrogen-bond acceptors (Lipinski definition) is 4. The number of aryl methyl sites for hydroxylation is 2. The van der Waals surface area contributed by atoms with E-state index in [9.17, 15) is 18.0 Å². The predicted octanol–water partition coefficient (Wildman–Crippen LogP) is 5.48. The first-order valence-electron chi connectivity index (χ1n) is 11.9. The van der Waals surface area contributed by atoms with E-state index in [1.165, 1.54) is 16.8 Å². The summed E-state index contributed by atoms with van der Waals surface area (Å²) in [6.45, 7) is 6.73. The highest BCUT2D eigenvalue weighted by Crippen LogP contribution is 2.32. The van der Waals surface area contributed by atoms with Gasteiger partial charge in [-0.2, -0.15) is 18.3 Å². The van der Waals surface area contributed by atoms with Gasteiger partial charge in [0.1, 0.15) is 0 Å². The molecule has 0 N–H and O–H groups in total. The maximum Gasteiger partial charge on any atom is 0.416 e. The van der Waals surface area contributed by atoms with Crippen LogP contribution in [0.1, 0.15) is 16.7 Å². The zero-order valence-corrected chi connectivity index (χ0v) is 20.2. The second-order valence-corrected chi connectivity index (χ2v) is 9.31. The van der Waals surface area contributed by atoms with Crippen molar-refractivity contribution in [1.82, 2.24) is 14.7 Å². The van der Waals surface area contributed by atoms with Crippen LogP contribution in [0.2, 0.25) is 0 Å². The second kappa shape index (κ2) is 9.43. The molecule has 1 fully saturated rings. The molecule has 0 saturated carbocycles. The van der Waals surface area contributed by atoms with Gasteiger partial charge in [0.05, 0.1) is 23.3 Å². The van der Waals surface area contributed by atoms with Gasteiger partial charge >= 0.3 is 6.18 Å². The summed E-state index contributed by atoms with van der Waals surface area (Å²) in [5, 5.41) is 6.24. The molecule has 1 aliphatic heterocycles. The van der Waals surface area contributed by atoms with Crippen molar-refractivity contribution in [3.8, 4) is 11.3 Å². The molecule has 1 aliphatic rings. The molecule has 4 aromatic rings. The fourth-order valence-electron chi connectivity index (χ4n) is 4.74. The number of fused-ring (bicyclic) bond motifs is 1. The van der Waals surface area contributed by atoms with E-state index in [0.29, 0.717) is 43.9 Å². The maximum absolute atomic E-state index is 13.3. The monoisotopic (exact) mass is 492 g/mol. The molecule has 5 nitrogen and oxygen atoms in total. The van der Waals surface area contributed by atoms with E-state index in [1.54, 1.807) is 6.07 Å². The molecule has 2 heterocycles. The molecule has 3 aromatic carbocycles. The molecule has 0 aliphatic carbocycles. The molecule has 0 bridgehead atoms. The number of benzene rings is 3. The molecule has 36 heavy (non-hydrogen) atoms. The maximum atomic E-state index is 13.3. The van der Waals surface area contributed by atoms with Crippen molar-refractivity contribution >= 4 is 16.5 Å². The molecule has 1 saturated heterocycles. The van der Waals surface area contributed by atoms with Crippen LogP contribution in [0.4, 0.5) is 18.9 Å². The molecule has 186 valence electrons. The van der Waals surface area contributed by atoms with E-state index >= 15 is 0 Å². The summed E-state index contributed by atoms with van der Waals surface area (Å²) in [5.74, 6) is 0. The van der Waals surface area contributed by atoms with Crippen molar-refractivity contribution in [1.29, 1.82) is 0 Å². The third kappa shape index (κ3) is 4.73. The van der Waals surface area contributed by atoms with Gasteiger partial charge in [-0.15, -0.1) is 0 Å². The molecule has 0 spiro atoms. The Kier molecular flexibility index (Phi) is 6.30. The van der Waals surface area contributed by atoms with Crippen LogP contribution in [0, 0.1) is 13.8 Å². The number of hydrogen-bond donors (Lipinski definition) is 0. The average Bonchev–Trinajstić information content (AvgIpc) is 2.87. The number of halogens is 3. The summed E-state index contributed by atoms with van der Waals surface area (Å²) >= 11 is 0. The van der Waals surface area contributed by atoms with E-state index in [0.717, 1.165) is 33.8 Å². The Labute approximate surface area is 207 Å². The number of aromatic nitrogens is 2. The number of piperazine rings is 1. The zero-order valence-electron chi connectivity index (χ0n) is 20.2. The molecule has 8 heteroatoms. The third-order valence-electron chi connectivity index (χ3n) is 6.76. The average molecular weight is 493 g/mol. The summed E-state index contributed by atoms with van der Waals surface area (Å²) in [4.78, 5) is 17.4. The van der Waals surface area contributed by atoms with Crippen molar-refractivity contribution < 1.29 is 13.2 Å². The van der Waals surface area contributed by atoms with Crippen LogP contribution in [-0.2, 0) is 12.8 Å². The van der Waals surface area contributed by atoms with Crippen LogP contribution in [-0.4, -0.2) is 40.9 Å². The summed E-state index contributed by atoms with van der Waals surface area (Å²) in [5.41, 5.74) is 3.72. The Hall–Kier alpha value is -3.65. The molecule has 1 aromatic heterocycles. The second-order valence-electron chi connectivity index (χ2n) is 9.31. The number of alkyl halides is 3. The number of anilines is 1. The smallest absolute Gasteiger partial charge is 0.369 e. The van der Waals surface area contributed by atoms with Gasteiger partial charge in [-0.1, -0.05) is 42.0 Å². The highest BCUT2D eigenvalue weighted by molar-refractivity contribution is 5.94. The quantitative estimate of drug-likeness (QED) is 0.378. The van der Waals surface area contributed by atoms with E-state index in [1.807, 2.05) is 43.0 Å². The fraction of sp³-hybridized carbons (Fsp3) is 0.286. The summed E-state index contributed by atoms with van der Waals surface area (Å²) < 4.78 is 40.9. The summed E-state index contributed by atoms with van der Waals surface area (Å²) in [6.07, 6.45) is -4.37. The van der Waals surface area contributed by atoms with Crippen LogP contribution in [0.3, 0.4) is 0 Å². The van der Waals surface area contributed by atoms with Gasteiger partial charge in [-0.3, -0.25) is 9.69 Å². The van der Waals surface area contributed by atoms with Crippen LogP contribution < -0.4 is 10.5 Å². The van der Waals surface area contributed by atoms with E-state index < -0.39 is 11.7 Å². The lowest BCUT2D eigenvalue weighted by molar-refractivity contribution is -0.137. The van der Waals surface area contributed by atoms with E-state index in [2.05, 4.69) is 23.1 Å². The Morgan fingerprint density at radius 1 is 0.861 bits per heavy atom. The summed E-state index contributed by atoms with van der Waals surface area (Å²) in [7, 11) is 0. The van der Waals surface area contributed by atoms with Gasteiger partial charge in [-0.25, -0.2) is 4.68 Å². The van der Waals surface area contributed by atoms with Crippen molar-refractivity contribution in [2.45, 2.75) is 26.7 Å². The molecule has 0 atom stereocenters. The first-order valence-corrected chi connectivity index (χ1v) is 11.9. The van der Waals surface area contributed by atoms with E-state index in [4.69, 9.17) is 5.10 Å². The lowest BCUT2D eigenvalue weighted by Gasteiger charge is -2.36. The first-order chi connectivity index (χ1) is 17.2. The van der Waals surface area contributed by atoms with Gasteiger partial charge in [0.2, 0.25) is 0 Å². The molecule has 0 radical (unpaired) electrons.